The first-order valence-electron chi connectivity index (χ1n) is 9.32. The zero-order valence-corrected chi connectivity index (χ0v) is 17.4. The fourth-order valence-corrected chi connectivity index (χ4v) is 4.27. The van der Waals surface area contributed by atoms with Crippen molar-refractivity contribution in [2.75, 3.05) is 32.8 Å². The van der Waals surface area contributed by atoms with E-state index in [2.05, 4.69) is 29.0 Å². The fraction of sp³-hybridized carbons (Fsp3) is 0.500. The second kappa shape index (κ2) is 9.64. The van der Waals surface area contributed by atoms with E-state index in [1.54, 1.807) is 11.3 Å². The Balaban J connectivity index is 1.64. The molecule has 1 aliphatic heterocycles. The van der Waals surface area contributed by atoms with Gasteiger partial charge in [0, 0.05) is 36.0 Å². The van der Waals surface area contributed by atoms with Crippen molar-refractivity contribution in [1.82, 2.24) is 15.2 Å². The van der Waals surface area contributed by atoms with Gasteiger partial charge in [0.05, 0.1) is 36.4 Å². The second-order valence-corrected chi connectivity index (χ2v) is 8.30. The number of carbonyl (C=O) groups excluding carboxylic acids is 1. The van der Waals surface area contributed by atoms with Gasteiger partial charge in [0.1, 0.15) is 0 Å². The summed E-state index contributed by atoms with van der Waals surface area (Å²) in [5, 5.41) is 6.85. The van der Waals surface area contributed by atoms with E-state index in [1.807, 2.05) is 29.6 Å². The van der Waals surface area contributed by atoms with Crippen molar-refractivity contribution < 1.29 is 9.53 Å². The van der Waals surface area contributed by atoms with E-state index in [0.717, 1.165) is 34.4 Å². The Kier molecular flexibility index (Phi) is 7.24. The lowest BCUT2D eigenvalue weighted by Gasteiger charge is -2.35. The minimum absolute atomic E-state index is 0.0130. The van der Waals surface area contributed by atoms with Crippen LogP contribution in [0.1, 0.15) is 42.1 Å². The molecule has 3 rings (SSSR count). The first-order valence-corrected chi connectivity index (χ1v) is 10.6. The monoisotopic (exact) mass is 407 g/mol. The molecule has 2 aromatic rings. The average molecular weight is 408 g/mol. The summed E-state index contributed by atoms with van der Waals surface area (Å²) >= 11 is 8.05. The zero-order valence-electron chi connectivity index (χ0n) is 15.8. The van der Waals surface area contributed by atoms with Gasteiger partial charge < -0.3 is 10.1 Å². The number of halogens is 1. The molecular formula is C20H26ClN3O2S. The maximum absolute atomic E-state index is 12.5. The lowest BCUT2D eigenvalue weighted by molar-refractivity contribution is -0.120. The van der Waals surface area contributed by atoms with Crippen LogP contribution in [0.15, 0.2) is 29.6 Å². The average Bonchev–Trinajstić information content (AvgIpc) is 3.13. The minimum Gasteiger partial charge on any atom is -0.379 e. The quantitative estimate of drug-likeness (QED) is 0.761. The van der Waals surface area contributed by atoms with Crippen molar-refractivity contribution in [1.29, 1.82) is 0 Å². The van der Waals surface area contributed by atoms with Gasteiger partial charge in [-0.15, -0.1) is 11.3 Å². The smallest absolute Gasteiger partial charge is 0.226 e. The third-order valence-electron chi connectivity index (χ3n) is 4.65. The molecule has 1 saturated heterocycles. The van der Waals surface area contributed by atoms with Crippen LogP contribution in [-0.4, -0.2) is 48.6 Å². The molecule has 0 aliphatic carbocycles. The van der Waals surface area contributed by atoms with Gasteiger partial charge in [-0.1, -0.05) is 43.6 Å². The van der Waals surface area contributed by atoms with E-state index in [1.165, 1.54) is 0 Å². The molecule has 146 valence electrons. The SMILES string of the molecule is CC(C)c1nc(CC(=O)NCC(c2ccccc2Cl)N2CCOCC2)cs1. The number of nitrogens with zero attached hydrogens (tertiary/aromatic N) is 2. The fourth-order valence-electron chi connectivity index (χ4n) is 3.18. The van der Waals surface area contributed by atoms with E-state index in [4.69, 9.17) is 16.3 Å². The number of amides is 1. The van der Waals surface area contributed by atoms with Crippen molar-refractivity contribution in [3.63, 3.8) is 0 Å². The highest BCUT2D eigenvalue weighted by Gasteiger charge is 2.25. The number of aromatic nitrogens is 1. The predicted molar refractivity (Wildman–Crippen MR) is 110 cm³/mol. The molecule has 1 aromatic carbocycles. The van der Waals surface area contributed by atoms with Gasteiger partial charge in [0.2, 0.25) is 5.91 Å². The summed E-state index contributed by atoms with van der Waals surface area (Å²) in [5.74, 6) is 0.374. The number of ether oxygens (including phenoxy) is 1. The molecule has 1 aromatic heterocycles. The van der Waals surface area contributed by atoms with Crippen LogP contribution in [0.25, 0.3) is 0 Å². The number of thiazole rings is 1. The number of hydrogen-bond acceptors (Lipinski definition) is 5. The summed E-state index contributed by atoms with van der Waals surface area (Å²) < 4.78 is 5.47. The maximum Gasteiger partial charge on any atom is 0.226 e. The molecular weight excluding hydrogens is 382 g/mol. The summed E-state index contributed by atoms with van der Waals surface area (Å²) in [5.41, 5.74) is 1.87. The highest BCUT2D eigenvalue weighted by atomic mass is 35.5. The van der Waals surface area contributed by atoms with E-state index in [0.29, 0.717) is 32.1 Å². The zero-order chi connectivity index (χ0) is 19.2. The Morgan fingerprint density at radius 3 is 2.74 bits per heavy atom. The van der Waals surface area contributed by atoms with Crippen molar-refractivity contribution in [3.05, 3.63) is 50.9 Å². The van der Waals surface area contributed by atoms with Gasteiger partial charge in [0.25, 0.3) is 0 Å². The Morgan fingerprint density at radius 1 is 1.33 bits per heavy atom. The van der Waals surface area contributed by atoms with Gasteiger partial charge >= 0.3 is 0 Å². The van der Waals surface area contributed by atoms with Gasteiger partial charge in [-0.3, -0.25) is 9.69 Å². The number of nitrogens with one attached hydrogen (secondary N) is 1. The van der Waals surface area contributed by atoms with Crippen LogP contribution in [0.4, 0.5) is 0 Å². The summed E-state index contributed by atoms with van der Waals surface area (Å²) in [4.78, 5) is 19.3. The number of hydrogen-bond donors (Lipinski definition) is 1. The normalized spacial score (nSPS) is 16.4. The molecule has 0 radical (unpaired) electrons. The lowest BCUT2D eigenvalue weighted by atomic mass is 10.0. The third kappa shape index (κ3) is 5.51. The lowest BCUT2D eigenvalue weighted by Crippen LogP contribution is -2.44. The van der Waals surface area contributed by atoms with Crippen LogP contribution < -0.4 is 5.32 Å². The van der Waals surface area contributed by atoms with Crippen LogP contribution in [0.5, 0.6) is 0 Å². The molecule has 1 fully saturated rings. The van der Waals surface area contributed by atoms with Gasteiger partial charge in [-0.25, -0.2) is 4.98 Å². The number of morpholine rings is 1. The first-order chi connectivity index (χ1) is 13.0. The molecule has 1 atom stereocenters. The Hall–Kier alpha value is -1.47. The van der Waals surface area contributed by atoms with Crippen LogP contribution in [0, 0.1) is 0 Å². The van der Waals surface area contributed by atoms with E-state index in [9.17, 15) is 4.79 Å². The highest BCUT2D eigenvalue weighted by Crippen LogP contribution is 2.28. The third-order valence-corrected chi connectivity index (χ3v) is 6.19. The molecule has 0 spiro atoms. The molecule has 0 bridgehead atoms. The largest absolute Gasteiger partial charge is 0.379 e. The summed E-state index contributed by atoms with van der Waals surface area (Å²) in [6.07, 6.45) is 0.307. The molecule has 7 heteroatoms. The minimum atomic E-state index is -0.0130. The number of benzene rings is 1. The molecule has 1 unspecified atom stereocenters. The van der Waals surface area contributed by atoms with E-state index < -0.39 is 0 Å². The van der Waals surface area contributed by atoms with Crippen molar-refractivity contribution >= 4 is 28.8 Å². The molecule has 5 nitrogen and oxygen atoms in total. The number of carbonyl (C=O) groups is 1. The standard InChI is InChI=1S/C20H26ClN3O2S/c1-14(2)20-23-15(13-27-20)11-19(25)22-12-18(24-7-9-26-10-8-24)16-5-3-4-6-17(16)21/h3-6,13-14,18H,7-12H2,1-2H3,(H,22,25). The van der Waals surface area contributed by atoms with Crippen molar-refractivity contribution in [2.45, 2.75) is 32.2 Å². The Labute approximate surface area is 169 Å². The Morgan fingerprint density at radius 2 is 2.07 bits per heavy atom. The summed E-state index contributed by atoms with van der Waals surface area (Å²) in [6.45, 7) is 7.80. The van der Waals surface area contributed by atoms with Crippen molar-refractivity contribution in [3.8, 4) is 0 Å². The van der Waals surface area contributed by atoms with Crippen LogP contribution in [0.3, 0.4) is 0 Å². The van der Waals surface area contributed by atoms with Gasteiger partial charge in [0.15, 0.2) is 0 Å². The van der Waals surface area contributed by atoms with E-state index >= 15 is 0 Å². The van der Waals surface area contributed by atoms with Crippen LogP contribution >= 0.6 is 22.9 Å². The molecule has 1 aliphatic rings. The molecule has 1 amide bonds. The predicted octanol–water partition coefficient (Wildman–Crippen LogP) is 3.65. The van der Waals surface area contributed by atoms with Gasteiger partial charge in [-0.2, -0.15) is 0 Å². The van der Waals surface area contributed by atoms with Crippen LogP contribution in [-0.2, 0) is 16.0 Å². The Bertz CT molecular complexity index is 759. The first kappa shape index (κ1) is 20.3. The second-order valence-electron chi connectivity index (χ2n) is 7.00. The molecule has 2 heterocycles. The maximum atomic E-state index is 12.5. The highest BCUT2D eigenvalue weighted by molar-refractivity contribution is 7.09. The topological polar surface area (TPSA) is 54.5 Å². The van der Waals surface area contributed by atoms with Crippen LogP contribution in [0.2, 0.25) is 5.02 Å². The molecule has 0 saturated carbocycles. The van der Waals surface area contributed by atoms with E-state index in [-0.39, 0.29) is 11.9 Å². The van der Waals surface area contributed by atoms with Crippen molar-refractivity contribution in [2.24, 2.45) is 0 Å². The summed E-state index contributed by atoms with van der Waals surface area (Å²) in [7, 11) is 0. The summed E-state index contributed by atoms with van der Waals surface area (Å²) in [6, 6.07) is 7.88. The van der Waals surface area contributed by atoms with Gasteiger partial charge in [-0.05, 0) is 11.6 Å². The number of rotatable bonds is 7. The molecule has 27 heavy (non-hydrogen) atoms. The molecule has 1 N–H and O–H groups in total.